The van der Waals surface area contributed by atoms with E-state index in [0.29, 0.717) is 40.3 Å². The highest BCUT2D eigenvalue weighted by Crippen LogP contribution is 2.38. The summed E-state index contributed by atoms with van der Waals surface area (Å²) in [5.74, 6) is -0.395. The maximum atomic E-state index is 12.9. The number of para-hydroxylation sites is 1. The standard InChI is InChI=1S/C25H24BrN3O6S/c1-34-19-11-16(18(26)13-20(19)35-15-22(30)27-17-7-3-2-4-8-17)12-21-24(32)29(25(33)36-21)14-23(31)28-9-5-6-10-28/h2-4,7-8,11-13H,5-6,9-10,14-15H2,1H3,(H,27,30)/b21-12+. The summed E-state index contributed by atoms with van der Waals surface area (Å²) < 4.78 is 11.6. The number of imide groups is 1. The van der Waals surface area contributed by atoms with Gasteiger partial charge in [-0.1, -0.05) is 34.1 Å². The van der Waals surface area contributed by atoms with Gasteiger partial charge in [0.25, 0.3) is 17.1 Å². The largest absolute Gasteiger partial charge is 0.493 e. The molecular weight excluding hydrogens is 550 g/mol. The Morgan fingerprint density at radius 2 is 1.83 bits per heavy atom. The van der Waals surface area contributed by atoms with Crippen molar-refractivity contribution in [2.45, 2.75) is 12.8 Å². The molecule has 0 saturated carbocycles. The predicted molar refractivity (Wildman–Crippen MR) is 140 cm³/mol. The van der Waals surface area contributed by atoms with Crippen molar-refractivity contribution in [3.63, 3.8) is 0 Å². The smallest absolute Gasteiger partial charge is 0.294 e. The Hall–Kier alpha value is -3.31. The number of methoxy groups -OCH3 is 1. The molecular formula is C25H24BrN3O6S. The molecule has 0 radical (unpaired) electrons. The second kappa shape index (κ2) is 11.6. The van der Waals surface area contributed by atoms with Crippen LogP contribution >= 0.6 is 27.7 Å². The number of carbonyl (C=O) groups excluding carboxylic acids is 4. The average Bonchev–Trinajstić information content (AvgIpc) is 3.50. The lowest BCUT2D eigenvalue weighted by atomic mass is 10.2. The molecule has 0 spiro atoms. The molecule has 4 rings (SSSR count). The monoisotopic (exact) mass is 573 g/mol. The van der Waals surface area contributed by atoms with Crippen LogP contribution < -0.4 is 14.8 Å². The van der Waals surface area contributed by atoms with Gasteiger partial charge in [0.05, 0.1) is 12.0 Å². The number of anilines is 1. The zero-order valence-corrected chi connectivity index (χ0v) is 21.9. The summed E-state index contributed by atoms with van der Waals surface area (Å²) in [5.41, 5.74) is 1.23. The van der Waals surface area contributed by atoms with Gasteiger partial charge in [-0.05, 0) is 60.5 Å². The SMILES string of the molecule is COc1cc(/C=C2/SC(=O)N(CC(=O)N3CCCC3)C2=O)c(Br)cc1OCC(=O)Nc1ccccc1. The lowest BCUT2D eigenvalue weighted by molar-refractivity contribution is -0.135. The Kier molecular flexibility index (Phi) is 8.32. The fourth-order valence-corrected chi connectivity index (χ4v) is 5.04. The Balaban J connectivity index is 1.44. The first-order chi connectivity index (χ1) is 17.4. The van der Waals surface area contributed by atoms with E-state index in [1.54, 1.807) is 35.2 Å². The normalized spacial score (nSPS) is 16.6. The van der Waals surface area contributed by atoms with Gasteiger partial charge in [-0.2, -0.15) is 0 Å². The summed E-state index contributed by atoms with van der Waals surface area (Å²) in [7, 11) is 1.46. The number of amides is 4. The summed E-state index contributed by atoms with van der Waals surface area (Å²) in [6, 6.07) is 12.3. The topological polar surface area (TPSA) is 105 Å². The molecule has 2 aliphatic rings. The number of hydrogen-bond acceptors (Lipinski definition) is 7. The van der Waals surface area contributed by atoms with Gasteiger partial charge in [-0.25, -0.2) is 0 Å². The number of ether oxygens (including phenoxy) is 2. The molecule has 2 aromatic carbocycles. The number of thioether (sulfide) groups is 1. The highest BCUT2D eigenvalue weighted by molar-refractivity contribution is 9.10. The highest BCUT2D eigenvalue weighted by atomic mass is 79.9. The molecule has 0 aromatic heterocycles. The van der Waals surface area contributed by atoms with Crippen molar-refractivity contribution in [3.05, 3.63) is 57.4 Å². The number of carbonyl (C=O) groups is 4. The molecule has 188 valence electrons. The van der Waals surface area contributed by atoms with E-state index < -0.39 is 11.1 Å². The minimum Gasteiger partial charge on any atom is -0.493 e. The molecule has 36 heavy (non-hydrogen) atoms. The third kappa shape index (κ3) is 6.08. The first kappa shape index (κ1) is 25.8. The minimum atomic E-state index is -0.513. The van der Waals surface area contributed by atoms with Crippen molar-refractivity contribution in [2.75, 3.05) is 38.7 Å². The molecule has 4 amide bonds. The van der Waals surface area contributed by atoms with Crippen LogP contribution in [0.4, 0.5) is 10.5 Å². The molecule has 9 nitrogen and oxygen atoms in total. The van der Waals surface area contributed by atoms with Gasteiger partial charge in [0, 0.05) is 23.2 Å². The number of likely N-dealkylation sites (tertiary alicyclic amines) is 1. The molecule has 2 saturated heterocycles. The van der Waals surface area contributed by atoms with Crippen LogP contribution in [0, 0.1) is 0 Å². The molecule has 0 bridgehead atoms. The van der Waals surface area contributed by atoms with Gasteiger partial charge in [0.2, 0.25) is 5.91 Å². The predicted octanol–water partition coefficient (Wildman–Crippen LogP) is 4.13. The fourth-order valence-electron chi connectivity index (χ4n) is 3.77. The van der Waals surface area contributed by atoms with Gasteiger partial charge >= 0.3 is 0 Å². The van der Waals surface area contributed by atoms with E-state index in [-0.39, 0.29) is 29.9 Å². The molecule has 0 aliphatic carbocycles. The summed E-state index contributed by atoms with van der Waals surface area (Å²) >= 11 is 4.24. The number of benzene rings is 2. The van der Waals surface area contributed by atoms with E-state index in [2.05, 4.69) is 21.2 Å². The number of rotatable bonds is 8. The van der Waals surface area contributed by atoms with Crippen molar-refractivity contribution in [1.29, 1.82) is 0 Å². The molecule has 1 N–H and O–H groups in total. The van der Waals surface area contributed by atoms with Crippen LogP contribution in [0.3, 0.4) is 0 Å². The number of nitrogens with zero attached hydrogens (tertiary/aromatic N) is 2. The Morgan fingerprint density at radius 1 is 1.11 bits per heavy atom. The molecule has 0 atom stereocenters. The summed E-state index contributed by atoms with van der Waals surface area (Å²) in [5, 5.41) is 2.26. The van der Waals surface area contributed by atoms with Crippen LogP contribution in [0.2, 0.25) is 0 Å². The molecule has 0 unspecified atom stereocenters. The Labute approximate surface area is 220 Å². The first-order valence-corrected chi connectivity index (χ1v) is 12.8. The van der Waals surface area contributed by atoms with E-state index in [4.69, 9.17) is 9.47 Å². The van der Waals surface area contributed by atoms with Crippen LogP contribution in [0.5, 0.6) is 11.5 Å². The van der Waals surface area contributed by atoms with Crippen molar-refractivity contribution >= 4 is 62.4 Å². The first-order valence-electron chi connectivity index (χ1n) is 11.2. The van der Waals surface area contributed by atoms with Gasteiger partial charge in [-0.15, -0.1) is 0 Å². The van der Waals surface area contributed by atoms with Crippen LogP contribution in [-0.2, 0) is 14.4 Å². The summed E-state index contributed by atoms with van der Waals surface area (Å²) in [4.78, 5) is 52.8. The average molecular weight is 574 g/mol. The van der Waals surface area contributed by atoms with Gasteiger partial charge < -0.3 is 19.7 Å². The van der Waals surface area contributed by atoms with Crippen LogP contribution in [0.15, 0.2) is 51.8 Å². The van der Waals surface area contributed by atoms with E-state index in [9.17, 15) is 19.2 Å². The quantitative estimate of drug-likeness (QED) is 0.473. The number of hydrogen-bond donors (Lipinski definition) is 1. The number of halogens is 1. The molecule has 2 fully saturated rings. The molecule has 2 heterocycles. The lowest BCUT2D eigenvalue weighted by Crippen LogP contribution is -2.40. The lowest BCUT2D eigenvalue weighted by Gasteiger charge is -2.18. The Bertz CT molecular complexity index is 1210. The fraction of sp³-hybridized carbons (Fsp3) is 0.280. The van der Waals surface area contributed by atoms with Crippen molar-refractivity contribution in [1.82, 2.24) is 9.80 Å². The van der Waals surface area contributed by atoms with E-state index in [1.807, 2.05) is 18.2 Å². The van der Waals surface area contributed by atoms with E-state index in [1.165, 1.54) is 7.11 Å². The zero-order chi connectivity index (χ0) is 25.7. The van der Waals surface area contributed by atoms with Crippen molar-refractivity contribution in [2.24, 2.45) is 0 Å². The minimum absolute atomic E-state index is 0.202. The van der Waals surface area contributed by atoms with Crippen LogP contribution in [-0.4, -0.2) is 66.1 Å². The second-order valence-corrected chi connectivity index (χ2v) is 9.93. The van der Waals surface area contributed by atoms with E-state index >= 15 is 0 Å². The van der Waals surface area contributed by atoms with Crippen LogP contribution in [0.1, 0.15) is 18.4 Å². The molecule has 2 aromatic rings. The maximum Gasteiger partial charge on any atom is 0.294 e. The van der Waals surface area contributed by atoms with Gasteiger partial charge in [0.1, 0.15) is 6.54 Å². The summed E-state index contributed by atoms with van der Waals surface area (Å²) in [6.07, 6.45) is 3.42. The highest BCUT2D eigenvalue weighted by Gasteiger charge is 2.37. The second-order valence-electron chi connectivity index (χ2n) is 8.08. The van der Waals surface area contributed by atoms with Crippen molar-refractivity contribution < 1.29 is 28.7 Å². The zero-order valence-electron chi connectivity index (χ0n) is 19.5. The van der Waals surface area contributed by atoms with Gasteiger partial charge in [-0.3, -0.25) is 24.1 Å². The third-order valence-corrected chi connectivity index (χ3v) is 7.21. The Morgan fingerprint density at radius 3 is 2.53 bits per heavy atom. The van der Waals surface area contributed by atoms with Crippen molar-refractivity contribution in [3.8, 4) is 11.5 Å². The molecule has 2 aliphatic heterocycles. The summed E-state index contributed by atoms with van der Waals surface area (Å²) in [6.45, 7) is 0.811. The number of nitrogens with one attached hydrogen (secondary N) is 1. The van der Waals surface area contributed by atoms with Gasteiger partial charge in [0.15, 0.2) is 18.1 Å². The third-order valence-electron chi connectivity index (χ3n) is 5.61. The van der Waals surface area contributed by atoms with E-state index in [0.717, 1.165) is 29.5 Å². The molecule has 11 heteroatoms. The maximum absolute atomic E-state index is 12.9. The van der Waals surface area contributed by atoms with Crippen LogP contribution in [0.25, 0.3) is 6.08 Å².